The van der Waals surface area contributed by atoms with Crippen LogP contribution in [-0.4, -0.2) is 43.8 Å². The van der Waals surface area contributed by atoms with Gasteiger partial charge < -0.3 is 19.9 Å². The third kappa shape index (κ3) is 6.20. The molecule has 1 amide bonds. The molecule has 0 radical (unpaired) electrons. The molecule has 1 aliphatic rings. The molecule has 0 aromatic carbocycles. The van der Waals surface area contributed by atoms with Crippen LogP contribution in [0.15, 0.2) is 27.6 Å². The third-order valence-corrected chi connectivity index (χ3v) is 4.77. The molecule has 136 valence electrons. The van der Waals surface area contributed by atoms with Crippen molar-refractivity contribution in [1.29, 1.82) is 0 Å². The van der Waals surface area contributed by atoms with Gasteiger partial charge in [0, 0.05) is 48.8 Å². The van der Waals surface area contributed by atoms with Crippen LogP contribution in [0.1, 0.15) is 19.3 Å². The number of piperidine rings is 1. The second kappa shape index (κ2) is 10.2. The number of nitrogens with zero attached hydrogens (tertiary/aromatic N) is 1. The van der Waals surface area contributed by atoms with Crippen LogP contribution >= 0.6 is 28.3 Å². The van der Waals surface area contributed by atoms with E-state index >= 15 is 0 Å². The van der Waals surface area contributed by atoms with Crippen molar-refractivity contribution in [2.75, 3.05) is 33.4 Å². The highest BCUT2D eigenvalue weighted by Gasteiger charge is 2.32. The molecule has 0 bridgehead atoms. The van der Waals surface area contributed by atoms with Crippen LogP contribution in [-0.2, 0) is 16.1 Å². The van der Waals surface area contributed by atoms with E-state index in [1.165, 1.54) is 6.07 Å². The van der Waals surface area contributed by atoms with E-state index in [0.29, 0.717) is 19.7 Å². The van der Waals surface area contributed by atoms with Crippen molar-refractivity contribution in [3.05, 3.63) is 33.2 Å². The van der Waals surface area contributed by atoms with Gasteiger partial charge in [0.05, 0.1) is 6.61 Å². The van der Waals surface area contributed by atoms with Gasteiger partial charge in [-0.25, -0.2) is 0 Å². The van der Waals surface area contributed by atoms with E-state index in [4.69, 9.17) is 4.74 Å². The second-order valence-corrected chi connectivity index (χ2v) is 7.00. The molecule has 2 N–H and O–H groups in total. The number of aromatic nitrogens is 1. The summed E-state index contributed by atoms with van der Waals surface area (Å²) in [5, 5.41) is 6.34. The summed E-state index contributed by atoms with van der Waals surface area (Å²) in [5.74, 6) is -0.0362. The van der Waals surface area contributed by atoms with E-state index in [0.717, 1.165) is 30.4 Å². The first-order valence-corrected chi connectivity index (χ1v) is 8.66. The number of hydrogen-bond donors (Lipinski definition) is 2. The Hall–Kier alpha value is -0.890. The first-order valence-electron chi connectivity index (χ1n) is 7.87. The van der Waals surface area contributed by atoms with Crippen LogP contribution < -0.4 is 16.2 Å². The van der Waals surface area contributed by atoms with Crippen molar-refractivity contribution in [1.82, 2.24) is 15.2 Å². The Morgan fingerprint density at radius 3 is 2.79 bits per heavy atom. The molecule has 0 spiro atoms. The molecule has 8 heteroatoms. The van der Waals surface area contributed by atoms with Gasteiger partial charge in [0.25, 0.3) is 5.56 Å². The number of aryl methyl sites for hydroxylation is 1. The molecule has 1 saturated heterocycles. The summed E-state index contributed by atoms with van der Waals surface area (Å²) >= 11 is 3.33. The topological polar surface area (TPSA) is 72.4 Å². The van der Waals surface area contributed by atoms with Crippen molar-refractivity contribution in [2.45, 2.75) is 25.8 Å². The van der Waals surface area contributed by atoms with E-state index in [2.05, 4.69) is 26.6 Å². The monoisotopic (exact) mass is 421 g/mol. The number of rotatable bonds is 7. The number of ether oxygens (including phenoxy) is 1. The zero-order chi connectivity index (χ0) is 16.7. The summed E-state index contributed by atoms with van der Waals surface area (Å²) in [6.45, 7) is 3.55. The summed E-state index contributed by atoms with van der Waals surface area (Å²) in [5.41, 5.74) is -0.0855. The number of carbonyl (C=O) groups excluding carboxylic acids is 1. The minimum absolute atomic E-state index is 0. The summed E-state index contributed by atoms with van der Waals surface area (Å²) in [4.78, 5) is 23.8. The number of carbonyl (C=O) groups is 1. The van der Waals surface area contributed by atoms with Crippen LogP contribution in [0.25, 0.3) is 0 Å². The van der Waals surface area contributed by atoms with Crippen molar-refractivity contribution >= 4 is 34.2 Å². The number of amides is 1. The van der Waals surface area contributed by atoms with Crippen molar-refractivity contribution in [3.8, 4) is 0 Å². The maximum absolute atomic E-state index is 12.1. The van der Waals surface area contributed by atoms with Crippen LogP contribution in [0.2, 0.25) is 0 Å². The second-order valence-electron chi connectivity index (χ2n) is 6.09. The van der Waals surface area contributed by atoms with Gasteiger partial charge in [-0.15, -0.1) is 12.4 Å². The van der Waals surface area contributed by atoms with Gasteiger partial charge in [-0.05, 0) is 47.9 Å². The Balaban J connectivity index is 0.00000288. The third-order valence-electron chi connectivity index (χ3n) is 4.30. The number of nitrogens with one attached hydrogen (secondary N) is 2. The molecule has 0 aliphatic carbocycles. The van der Waals surface area contributed by atoms with Gasteiger partial charge in [-0.1, -0.05) is 0 Å². The first-order chi connectivity index (χ1) is 11.0. The average molecular weight is 423 g/mol. The number of pyridine rings is 1. The number of methoxy groups -OCH3 is 1. The number of halogens is 2. The zero-order valence-corrected chi connectivity index (χ0v) is 16.2. The molecule has 1 aromatic rings. The lowest BCUT2D eigenvalue weighted by Gasteiger charge is -2.37. The van der Waals surface area contributed by atoms with E-state index in [-0.39, 0.29) is 35.7 Å². The van der Waals surface area contributed by atoms with Gasteiger partial charge in [0.2, 0.25) is 5.91 Å². The SMILES string of the molecule is COCC1(CNC(=O)CCn2cc(Br)ccc2=O)CCNCC1.Cl. The molecular weight excluding hydrogens is 398 g/mol. The number of hydrogen-bond acceptors (Lipinski definition) is 4. The van der Waals surface area contributed by atoms with Crippen molar-refractivity contribution in [3.63, 3.8) is 0 Å². The van der Waals surface area contributed by atoms with Crippen molar-refractivity contribution < 1.29 is 9.53 Å². The molecule has 6 nitrogen and oxygen atoms in total. The standard InChI is InChI=1S/C16H24BrN3O3.ClH/c1-23-12-16(5-7-18-8-6-16)11-19-14(21)4-9-20-10-13(17)2-3-15(20)22;/h2-3,10,18H,4-9,11-12H2,1H3,(H,19,21);1H. The fraction of sp³-hybridized carbons (Fsp3) is 0.625. The Labute approximate surface area is 156 Å². The van der Waals surface area contributed by atoms with Gasteiger partial charge in [0.1, 0.15) is 0 Å². The Morgan fingerprint density at radius 1 is 1.42 bits per heavy atom. The first kappa shape index (κ1) is 21.2. The maximum atomic E-state index is 12.1. The fourth-order valence-electron chi connectivity index (χ4n) is 2.91. The highest BCUT2D eigenvalue weighted by Crippen LogP contribution is 2.28. The van der Waals surface area contributed by atoms with Crippen LogP contribution in [0.4, 0.5) is 0 Å². The Kier molecular flexibility index (Phi) is 8.97. The molecule has 1 aromatic heterocycles. The lowest BCUT2D eigenvalue weighted by atomic mass is 9.79. The van der Waals surface area contributed by atoms with Gasteiger partial charge in [0.15, 0.2) is 0 Å². The summed E-state index contributed by atoms with van der Waals surface area (Å²) in [6, 6.07) is 3.19. The molecule has 24 heavy (non-hydrogen) atoms. The average Bonchev–Trinajstić information content (AvgIpc) is 2.55. The lowest BCUT2D eigenvalue weighted by molar-refractivity contribution is -0.122. The Morgan fingerprint density at radius 2 is 2.12 bits per heavy atom. The van der Waals surface area contributed by atoms with E-state index in [1.54, 1.807) is 23.9 Å². The molecule has 2 heterocycles. The Bertz CT molecular complexity index is 583. The van der Waals surface area contributed by atoms with E-state index in [1.807, 2.05) is 0 Å². The van der Waals surface area contributed by atoms with Crippen molar-refractivity contribution in [2.24, 2.45) is 5.41 Å². The fourth-order valence-corrected chi connectivity index (χ4v) is 3.29. The summed E-state index contributed by atoms with van der Waals surface area (Å²) < 4.78 is 7.71. The van der Waals surface area contributed by atoms with Gasteiger partial charge in [-0.3, -0.25) is 9.59 Å². The molecular formula is C16H25BrClN3O3. The highest BCUT2D eigenvalue weighted by molar-refractivity contribution is 9.10. The largest absolute Gasteiger partial charge is 0.384 e. The predicted octanol–water partition coefficient (Wildman–Crippen LogP) is 1.56. The van der Waals surface area contributed by atoms with Crippen LogP contribution in [0.5, 0.6) is 0 Å². The molecule has 0 atom stereocenters. The minimum Gasteiger partial charge on any atom is -0.384 e. The van der Waals surface area contributed by atoms with E-state index < -0.39 is 0 Å². The zero-order valence-electron chi connectivity index (χ0n) is 13.8. The van der Waals surface area contributed by atoms with E-state index in [9.17, 15) is 9.59 Å². The molecule has 0 unspecified atom stereocenters. The van der Waals surface area contributed by atoms with Crippen LogP contribution in [0.3, 0.4) is 0 Å². The molecule has 1 fully saturated rings. The molecule has 2 rings (SSSR count). The maximum Gasteiger partial charge on any atom is 0.250 e. The predicted molar refractivity (Wildman–Crippen MR) is 99.7 cm³/mol. The quantitative estimate of drug-likeness (QED) is 0.699. The summed E-state index contributed by atoms with van der Waals surface area (Å²) in [7, 11) is 1.70. The normalized spacial score (nSPS) is 16.2. The minimum atomic E-state index is -0.102. The lowest BCUT2D eigenvalue weighted by Crippen LogP contribution is -2.47. The smallest absolute Gasteiger partial charge is 0.250 e. The summed E-state index contributed by atoms with van der Waals surface area (Å²) in [6.07, 6.45) is 3.98. The van der Waals surface area contributed by atoms with Gasteiger partial charge >= 0.3 is 0 Å². The molecule has 1 aliphatic heterocycles. The van der Waals surface area contributed by atoms with Gasteiger partial charge in [-0.2, -0.15) is 0 Å². The molecule has 0 saturated carbocycles. The highest BCUT2D eigenvalue weighted by atomic mass is 79.9. The van der Waals surface area contributed by atoms with Crippen LogP contribution in [0, 0.1) is 5.41 Å².